The Balaban J connectivity index is 1.51. The minimum absolute atomic E-state index is 0.0606. The van der Waals surface area contributed by atoms with Gasteiger partial charge in [-0.2, -0.15) is 5.10 Å². The van der Waals surface area contributed by atoms with Gasteiger partial charge in [0.25, 0.3) is 0 Å². The fourth-order valence-electron chi connectivity index (χ4n) is 5.18. The molecule has 5 rings (SSSR count). The Bertz CT molecular complexity index is 1300. The third-order valence-electron chi connectivity index (χ3n) is 7.15. The Labute approximate surface area is 216 Å². The van der Waals surface area contributed by atoms with E-state index in [0.717, 1.165) is 39.8 Å². The van der Waals surface area contributed by atoms with Crippen molar-refractivity contribution in [1.82, 2.24) is 20.0 Å². The number of likely N-dealkylation sites (tertiary alicyclic amines) is 1. The molecule has 2 N–H and O–H groups in total. The molecule has 0 aliphatic carbocycles. The van der Waals surface area contributed by atoms with Crippen LogP contribution in [0.1, 0.15) is 12.0 Å². The average molecular weight is 510 g/mol. The van der Waals surface area contributed by atoms with Crippen molar-refractivity contribution in [2.24, 2.45) is 5.92 Å². The highest BCUT2D eigenvalue weighted by molar-refractivity contribution is 6.34. The van der Waals surface area contributed by atoms with Crippen LogP contribution in [0, 0.1) is 12.8 Å². The third kappa shape index (κ3) is 4.45. The van der Waals surface area contributed by atoms with Gasteiger partial charge in [-0.25, -0.2) is 0 Å². The first-order valence-corrected chi connectivity index (χ1v) is 12.6. The zero-order valence-electron chi connectivity index (χ0n) is 20.9. The van der Waals surface area contributed by atoms with Crippen LogP contribution in [0.5, 0.6) is 5.75 Å². The highest BCUT2D eigenvalue weighted by Gasteiger charge is 2.39. The third-order valence-corrected chi connectivity index (χ3v) is 7.46. The number of benzene rings is 2. The Hall–Kier alpha value is -3.07. The molecule has 0 spiro atoms. The molecule has 1 aromatic heterocycles. The minimum atomic E-state index is -0.817. The number of aromatic amines is 1. The number of ether oxygens (including phenoxy) is 1. The molecule has 0 saturated carbocycles. The molecule has 1 saturated heterocycles. The predicted molar refractivity (Wildman–Crippen MR) is 142 cm³/mol. The normalized spacial score (nSPS) is 19.8. The number of aromatic nitrogens is 2. The molecular weight excluding hydrogens is 478 g/mol. The number of H-pyrrole nitrogens is 1. The molecular formula is C27H32ClN5O3. The number of nitrogens with zero attached hydrogens (tertiary/aromatic N) is 4. The van der Waals surface area contributed by atoms with Crippen molar-refractivity contribution in [1.29, 1.82) is 0 Å². The van der Waals surface area contributed by atoms with Crippen LogP contribution in [0.3, 0.4) is 0 Å². The molecule has 0 bridgehead atoms. The SMILES string of the molecule is C=CC(=O)N1CC(CN2c3cc(Cl)c(-c4c(C)ccc5[nH]ncc45)cc3O[C@@H](CCN(C)C)C2O)C1. The number of hydrogen-bond donors (Lipinski definition) is 2. The van der Waals surface area contributed by atoms with Gasteiger partial charge < -0.3 is 24.5 Å². The van der Waals surface area contributed by atoms with E-state index in [9.17, 15) is 9.90 Å². The molecule has 1 fully saturated rings. The van der Waals surface area contributed by atoms with Gasteiger partial charge in [0.15, 0.2) is 6.23 Å². The summed E-state index contributed by atoms with van der Waals surface area (Å²) in [5, 5.41) is 20.2. The van der Waals surface area contributed by atoms with Crippen LogP contribution >= 0.6 is 11.6 Å². The number of fused-ring (bicyclic) bond motifs is 2. The van der Waals surface area contributed by atoms with E-state index in [1.807, 2.05) is 43.4 Å². The van der Waals surface area contributed by atoms with Crippen molar-refractivity contribution in [3.8, 4) is 16.9 Å². The first-order chi connectivity index (χ1) is 17.3. The van der Waals surface area contributed by atoms with Gasteiger partial charge in [-0.1, -0.05) is 24.2 Å². The summed E-state index contributed by atoms with van der Waals surface area (Å²) in [5.41, 5.74) is 4.67. The summed E-state index contributed by atoms with van der Waals surface area (Å²) in [5.74, 6) is 0.876. The molecule has 9 heteroatoms. The highest BCUT2D eigenvalue weighted by Crippen LogP contribution is 2.45. The Morgan fingerprint density at radius 1 is 1.36 bits per heavy atom. The van der Waals surface area contributed by atoms with Gasteiger partial charge in [-0.05, 0) is 56.4 Å². The van der Waals surface area contributed by atoms with Crippen molar-refractivity contribution in [3.05, 3.63) is 53.7 Å². The van der Waals surface area contributed by atoms with E-state index in [-0.39, 0.29) is 11.8 Å². The second-order valence-electron chi connectivity index (χ2n) is 10.0. The number of carbonyl (C=O) groups excluding carboxylic acids is 1. The molecule has 1 amide bonds. The molecule has 2 aromatic carbocycles. The molecule has 2 aliphatic heterocycles. The van der Waals surface area contributed by atoms with Gasteiger partial charge in [0.05, 0.1) is 22.4 Å². The zero-order chi connectivity index (χ0) is 25.6. The van der Waals surface area contributed by atoms with E-state index in [1.54, 1.807) is 4.90 Å². The summed E-state index contributed by atoms with van der Waals surface area (Å²) in [6, 6.07) is 7.94. The van der Waals surface area contributed by atoms with E-state index in [4.69, 9.17) is 16.3 Å². The number of carbonyl (C=O) groups is 1. The maximum Gasteiger partial charge on any atom is 0.245 e. The number of halogens is 1. The molecule has 2 atom stereocenters. The lowest BCUT2D eigenvalue weighted by molar-refractivity contribution is -0.132. The standard InChI is InChI=1S/C27H32ClN5O3/c1-5-25(34)32-13-17(14-32)15-33-22-11-20(28)18(26-16(2)6-7-21-19(26)12-29-30-21)10-24(22)36-23(27(33)35)8-9-31(3)4/h5-7,10-12,17,23,27,35H,1,8-9,13-15H2,2-4H3,(H,29,30)/t23-,27?/m0/s1. The number of aliphatic hydroxyl groups is 1. The topological polar surface area (TPSA) is 84.9 Å². The van der Waals surface area contributed by atoms with Gasteiger partial charge in [-0.15, -0.1) is 0 Å². The zero-order valence-corrected chi connectivity index (χ0v) is 21.6. The van der Waals surface area contributed by atoms with Gasteiger partial charge in [0.2, 0.25) is 5.91 Å². The van der Waals surface area contributed by atoms with E-state index in [2.05, 4.69) is 34.7 Å². The van der Waals surface area contributed by atoms with Crippen molar-refractivity contribution in [3.63, 3.8) is 0 Å². The lowest BCUT2D eigenvalue weighted by Crippen LogP contribution is -2.58. The van der Waals surface area contributed by atoms with E-state index >= 15 is 0 Å². The van der Waals surface area contributed by atoms with Gasteiger partial charge in [0.1, 0.15) is 11.9 Å². The summed E-state index contributed by atoms with van der Waals surface area (Å²) >= 11 is 6.89. The van der Waals surface area contributed by atoms with Crippen molar-refractivity contribution in [2.75, 3.05) is 45.2 Å². The molecule has 8 nitrogen and oxygen atoms in total. The molecule has 36 heavy (non-hydrogen) atoms. The lowest BCUT2D eigenvalue weighted by Gasteiger charge is -2.46. The van der Waals surface area contributed by atoms with E-state index in [0.29, 0.717) is 36.8 Å². The number of hydrogen-bond acceptors (Lipinski definition) is 6. The van der Waals surface area contributed by atoms with Crippen LogP contribution in [-0.2, 0) is 4.79 Å². The quantitative estimate of drug-likeness (QED) is 0.473. The average Bonchev–Trinajstić information content (AvgIpc) is 3.29. The summed E-state index contributed by atoms with van der Waals surface area (Å²) in [4.78, 5) is 17.7. The molecule has 3 heterocycles. The maximum atomic E-state index is 11.9. The Morgan fingerprint density at radius 2 is 2.14 bits per heavy atom. The van der Waals surface area contributed by atoms with Gasteiger partial charge in [0, 0.05) is 49.5 Å². The number of rotatable bonds is 7. The predicted octanol–water partition coefficient (Wildman–Crippen LogP) is 3.67. The van der Waals surface area contributed by atoms with Crippen LogP contribution in [0.25, 0.3) is 22.0 Å². The second-order valence-corrected chi connectivity index (χ2v) is 10.4. The molecule has 1 unspecified atom stereocenters. The largest absolute Gasteiger partial charge is 0.483 e. The minimum Gasteiger partial charge on any atom is -0.483 e. The van der Waals surface area contributed by atoms with Crippen LogP contribution in [0.2, 0.25) is 5.02 Å². The van der Waals surface area contributed by atoms with Gasteiger partial charge in [-0.3, -0.25) is 9.89 Å². The van der Waals surface area contributed by atoms with E-state index in [1.165, 1.54) is 6.08 Å². The summed E-state index contributed by atoms with van der Waals surface area (Å²) in [7, 11) is 4.01. The molecule has 3 aromatic rings. The summed E-state index contributed by atoms with van der Waals surface area (Å²) < 4.78 is 6.41. The Morgan fingerprint density at radius 3 is 2.86 bits per heavy atom. The molecule has 2 aliphatic rings. The summed E-state index contributed by atoms with van der Waals surface area (Å²) in [6.07, 6.45) is 2.62. The second kappa shape index (κ2) is 9.76. The van der Waals surface area contributed by atoms with Gasteiger partial charge >= 0.3 is 0 Å². The molecule has 0 radical (unpaired) electrons. The highest BCUT2D eigenvalue weighted by atomic mass is 35.5. The smallest absolute Gasteiger partial charge is 0.245 e. The van der Waals surface area contributed by atoms with Crippen molar-refractivity contribution in [2.45, 2.75) is 25.7 Å². The first-order valence-electron chi connectivity index (χ1n) is 12.2. The number of aryl methyl sites for hydroxylation is 1. The maximum absolute atomic E-state index is 11.9. The van der Waals surface area contributed by atoms with Crippen molar-refractivity contribution < 1.29 is 14.6 Å². The lowest BCUT2D eigenvalue weighted by atomic mass is 9.94. The number of anilines is 1. The van der Waals surface area contributed by atoms with Crippen LogP contribution < -0.4 is 9.64 Å². The van der Waals surface area contributed by atoms with Crippen LogP contribution in [0.15, 0.2) is 43.1 Å². The first kappa shape index (κ1) is 24.6. The monoisotopic (exact) mass is 509 g/mol. The number of amides is 1. The van der Waals surface area contributed by atoms with Crippen LogP contribution in [-0.4, -0.2) is 83.6 Å². The number of nitrogens with one attached hydrogen (secondary N) is 1. The number of aliphatic hydroxyl groups excluding tert-OH is 1. The fraction of sp³-hybridized carbons (Fsp3) is 0.407. The summed E-state index contributed by atoms with van der Waals surface area (Å²) in [6.45, 7) is 8.29. The Kier molecular flexibility index (Phi) is 6.68. The van der Waals surface area contributed by atoms with Crippen LogP contribution in [0.4, 0.5) is 5.69 Å². The fourth-order valence-corrected chi connectivity index (χ4v) is 5.43. The molecule has 190 valence electrons. The van der Waals surface area contributed by atoms with E-state index < -0.39 is 12.3 Å². The van der Waals surface area contributed by atoms with Crippen molar-refractivity contribution >= 4 is 34.1 Å².